The highest BCUT2D eigenvalue weighted by Crippen LogP contribution is 2.19. The van der Waals surface area contributed by atoms with Gasteiger partial charge in [-0.15, -0.1) is 11.8 Å². The Labute approximate surface area is 73.0 Å². The van der Waals surface area contributed by atoms with Crippen LogP contribution >= 0.6 is 11.8 Å². The van der Waals surface area contributed by atoms with E-state index in [2.05, 4.69) is 44.4 Å². The molecule has 1 aromatic carbocycles. The van der Waals surface area contributed by atoms with Gasteiger partial charge in [0, 0.05) is 4.90 Å². The summed E-state index contributed by atoms with van der Waals surface area (Å²) < 4.78 is 0. The number of thioether (sulfide) groups is 1. The van der Waals surface area contributed by atoms with Gasteiger partial charge in [-0.1, -0.05) is 26.0 Å². The lowest BCUT2D eigenvalue weighted by atomic mass is 10.0. The molecule has 0 amide bonds. The molecular formula is C10H14S. The highest BCUT2D eigenvalue weighted by Gasteiger charge is 1.96. The van der Waals surface area contributed by atoms with Crippen LogP contribution in [0.5, 0.6) is 0 Å². The van der Waals surface area contributed by atoms with E-state index >= 15 is 0 Å². The first-order valence-electron chi connectivity index (χ1n) is 3.88. The lowest BCUT2D eigenvalue weighted by molar-refractivity contribution is 0.865. The zero-order valence-corrected chi connectivity index (χ0v) is 8.11. The van der Waals surface area contributed by atoms with Crippen molar-refractivity contribution < 1.29 is 0 Å². The van der Waals surface area contributed by atoms with Crippen LogP contribution in [0.4, 0.5) is 0 Å². The number of benzene rings is 1. The van der Waals surface area contributed by atoms with Crippen molar-refractivity contribution in [3.05, 3.63) is 29.8 Å². The summed E-state index contributed by atoms with van der Waals surface area (Å²) in [5, 5.41) is 0. The molecule has 0 unspecified atom stereocenters. The average Bonchev–Trinajstić information content (AvgIpc) is 2.05. The van der Waals surface area contributed by atoms with Crippen molar-refractivity contribution in [2.24, 2.45) is 0 Å². The van der Waals surface area contributed by atoms with Crippen molar-refractivity contribution in [2.45, 2.75) is 24.7 Å². The Kier molecular flexibility index (Phi) is 3.01. The summed E-state index contributed by atoms with van der Waals surface area (Å²) in [7, 11) is 0. The smallest absolute Gasteiger partial charge is 0.00693 e. The fourth-order valence-electron chi connectivity index (χ4n) is 0.989. The zero-order valence-electron chi connectivity index (χ0n) is 7.29. The third-order valence-electron chi connectivity index (χ3n) is 1.78. The third kappa shape index (κ3) is 2.26. The van der Waals surface area contributed by atoms with Gasteiger partial charge in [0.1, 0.15) is 0 Å². The Morgan fingerprint density at radius 3 is 2.00 bits per heavy atom. The maximum Gasteiger partial charge on any atom is 0.00693 e. The van der Waals surface area contributed by atoms with E-state index in [9.17, 15) is 0 Å². The van der Waals surface area contributed by atoms with E-state index in [1.165, 1.54) is 10.5 Å². The molecule has 0 aliphatic rings. The minimum absolute atomic E-state index is 0.644. The lowest BCUT2D eigenvalue weighted by Gasteiger charge is -2.04. The first kappa shape index (κ1) is 8.66. The molecule has 0 radical (unpaired) electrons. The summed E-state index contributed by atoms with van der Waals surface area (Å²) >= 11 is 1.79. The van der Waals surface area contributed by atoms with Crippen LogP contribution in [0.3, 0.4) is 0 Å². The zero-order chi connectivity index (χ0) is 8.27. The minimum Gasteiger partial charge on any atom is -0.130 e. The molecule has 0 atom stereocenters. The molecule has 0 spiro atoms. The van der Waals surface area contributed by atoms with Gasteiger partial charge in [-0.05, 0) is 29.9 Å². The van der Waals surface area contributed by atoms with Crippen LogP contribution in [-0.4, -0.2) is 6.26 Å². The van der Waals surface area contributed by atoms with Crippen LogP contribution in [-0.2, 0) is 0 Å². The molecule has 0 saturated carbocycles. The molecule has 11 heavy (non-hydrogen) atoms. The molecule has 0 aliphatic heterocycles. The Morgan fingerprint density at radius 1 is 1.09 bits per heavy atom. The quantitative estimate of drug-likeness (QED) is 0.606. The first-order chi connectivity index (χ1) is 5.24. The van der Waals surface area contributed by atoms with Gasteiger partial charge in [-0.3, -0.25) is 0 Å². The fraction of sp³-hybridized carbons (Fsp3) is 0.400. The fourth-order valence-corrected chi connectivity index (χ4v) is 1.40. The molecule has 1 aromatic rings. The predicted octanol–water partition coefficient (Wildman–Crippen LogP) is 3.53. The molecule has 1 rings (SSSR count). The first-order valence-corrected chi connectivity index (χ1v) is 5.10. The van der Waals surface area contributed by atoms with Crippen molar-refractivity contribution >= 4 is 11.8 Å². The molecule has 0 heterocycles. The summed E-state index contributed by atoms with van der Waals surface area (Å²) in [6.07, 6.45) is 2.10. The average molecular weight is 166 g/mol. The van der Waals surface area contributed by atoms with E-state index < -0.39 is 0 Å². The Hall–Kier alpha value is -0.430. The lowest BCUT2D eigenvalue weighted by Crippen LogP contribution is -1.85. The maximum absolute atomic E-state index is 2.22. The van der Waals surface area contributed by atoms with E-state index in [0.717, 1.165) is 0 Å². The van der Waals surface area contributed by atoms with Crippen LogP contribution in [0.1, 0.15) is 25.3 Å². The van der Waals surface area contributed by atoms with Gasteiger partial charge in [0.05, 0.1) is 0 Å². The summed E-state index contributed by atoms with van der Waals surface area (Å²) in [4.78, 5) is 1.34. The summed E-state index contributed by atoms with van der Waals surface area (Å²) in [5.74, 6) is 0.644. The van der Waals surface area contributed by atoms with Crippen molar-refractivity contribution in [3.8, 4) is 0 Å². The molecule has 60 valence electrons. The van der Waals surface area contributed by atoms with E-state index in [0.29, 0.717) is 5.92 Å². The number of hydrogen-bond acceptors (Lipinski definition) is 1. The van der Waals surface area contributed by atoms with Gasteiger partial charge in [-0.25, -0.2) is 0 Å². The van der Waals surface area contributed by atoms with Crippen LogP contribution in [0.2, 0.25) is 0 Å². The molecule has 0 bridgehead atoms. The van der Waals surface area contributed by atoms with Gasteiger partial charge in [-0.2, -0.15) is 0 Å². The monoisotopic (exact) mass is 166 g/mol. The topological polar surface area (TPSA) is 0 Å². The molecule has 0 saturated heterocycles. The Balaban J connectivity index is 2.83. The molecule has 1 heteroatoms. The second kappa shape index (κ2) is 3.82. The van der Waals surface area contributed by atoms with Crippen LogP contribution in [0, 0.1) is 0 Å². The Morgan fingerprint density at radius 2 is 1.64 bits per heavy atom. The van der Waals surface area contributed by atoms with Gasteiger partial charge in [0.2, 0.25) is 0 Å². The van der Waals surface area contributed by atoms with Crippen molar-refractivity contribution in [3.63, 3.8) is 0 Å². The van der Waals surface area contributed by atoms with Crippen LogP contribution in [0.25, 0.3) is 0 Å². The highest BCUT2D eigenvalue weighted by molar-refractivity contribution is 7.98. The van der Waals surface area contributed by atoms with Gasteiger partial charge < -0.3 is 0 Å². The second-order valence-corrected chi connectivity index (χ2v) is 3.81. The molecule has 0 N–H and O–H groups in total. The van der Waals surface area contributed by atoms with Crippen molar-refractivity contribution in [1.29, 1.82) is 0 Å². The minimum atomic E-state index is 0.644. The second-order valence-electron chi connectivity index (χ2n) is 2.93. The van der Waals surface area contributed by atoms with E-state index in [4.69, 9.17) is 0 Å². The van der Waals surface area contributed by atoms with Gasteiger partial charge in [0.25, 0.3) is 0 Å². The molecule has 0 nitrogen and oxygen atoms in total. The predicted molar refractivity (Wildman–Crippen MR) is 52.3 cm³/mol. The van der Waals surface area contributed by atoms with Crippen LogP contribution < -0.4 is 0 Å². The standard InChI is InChI=1S/C10H14S/c1-8(2)9-4-6-10(11-3)7-5-9/h4-8H,1-3H3. The molecule has 0 aliphatic carbocycles. The third-order valence-corrected chi connectivity index (χ3v) is 2.53. The van der Waals surface area contributed by atoms with Gasteiger partial charge in [0.15, 0.2) is 0 Å². The van der Waals surface area contributed by atoms with E-state index in [-0.39, 0.29) is 0 Å². The Bertz CT molecular complexity index is 211. The van der Waals surface area contributed by atoms with E-state index in [1.807, 2.05) is 0 Å². The summed E-state index contributed by atoms with van der Waals surface area (Å²) in [6.45, 7) is 4.43. The largest absolute Gasteiger partial charge is 0.130 e. The maximum atomic E-state index is 2.22. The molecule has 0 fully saturated rings. The highest BCUT2D eigenvalue weighted by atomic mass is 32.2. The SMILES string of the molecule is CSc1ccc(C(C)C)cc1. The van der Waals surface area contributed by atoms with Crippen molar-refractivity contribution in [1.82, 2.24) is 0 Å². The molecule has 0 aromatic heterocycles. The number of rotatable bonds is 2. The normalized spacial score (nSPS) is 10.5. The molecular weight excluding hydrogens is 152 g/mol. The summed E-state index contributed by atoms with van der Waals surface area (Å²) in [5.41, 5.74) is 1.42. The number of hydrogen-bond donors (Lipinski definition) is 0. The van der Waals surface area contributed by atoms with Crippen molar-refractivity contribution in [2.75, 3.05) is 6.26 Å². The van der Waals surface area contributed by atoms with Gasteiger partial charge >= 0.3 is 0 Å². The van der Waals surface area contributed by atoms with E-state index in [1.54, 1.807) is 11.8 Å². The van der Waals surface area contributed by atoms with Crippen LogP contribution in [0.15, 0.2) is 29.2 Å². The summed E-state index contributed by atoms with van der Waals surface area (Å²) in [6, 6.07) is 8.77.